The van der Waals surface area contributed by atoms with E-state index in [1.165, 1.54) is 57.8 Å². The Morgan fingerprint density at radius 3 is 2.54 bits per heavy atom. The quantitative estimate of drug-likeness (QED) is 0.488. The SMILES string of the molecule is CC(C)CCC[C@@H](C)C1CC[C@H]2[C@@H]3CC=C4CC(O)CC[C@]4(C)[C@H]3CC[C@]12C. The van der Waals surface area contributed by atoms with Gasteiger partial charge in [-0.05, 0) is 97.7 Å². The molecule has 1 N–H and O–H groups in total. The van der Waals surface area contributed by atoms with Gasteiger partial charge in [0, 0.05) is 0 Å². The highest BCUT2D eigenvalue weighted by Gasteiger charge is 2.59. The normalized spacial score (nSPS) is 46.5. The molecule has 4 aliphatic rings. The maximum Gasteiger partial charge on any atom is 0.0577 e. The molecular weight excluding hydrogens is 340 g/mol. The van der Waals surface area contributed by atoms with E-state index in [0.29, 0.717) is 10.8 Å². The molecule has 160 valence electrons. The third kappa shape index (κ3) is 3.42. The van der Waals surface area contributed by atoms with Gasteiger partial charge in [-0.25, -0.2) is 0 Å². The van der Waals surface area contributed by atoms with E-state index in [0.717, 1.165) is 48.3 Å². The van der Waals surface area contributed by atoms with Crippen LogP contribution >= 0.6 is 0 Å². The van der Waals surface area contributed by atoms with Crippen molar-refractivity contribution in [1.82, 2.24) is 0 Å². The maximum atomic E-state index is 10.2. The molecule has 0 aromatic heterocycles. The fraction of sp³-hybridized carbons (Fsp3) is 0.926. The van der Waals surface area contributed by atoms with Crippen LogP contribution in [0.4, 0.5) is 0 Å². The van der Waals surface area contributed by atoms with E-state index < -0.39 is 0 Å². The van der Waals surface area contributed by atoms with Gasteiger partial charge in [-0.2, -0.15) is 0 Å². The maximum absolute atomic E-state index is 10.2. The molecule has 8 atom stereocenters. The van der Waals surface area contributed by atoms with Gasteiger partial charge in [0.2, 0.25) is 0 Å². The summed E-state index contributed by atoms with van der Waals surface area (Å²) >= 11 is 0. The summed E-state index contributed by atoms with van der Waals surface area (Å²) in [6.45, 7) is 12.6. The summed E-state index contributed by atoms with van der Waals surface area (Å²) in [5.41, 5.74) is 2.60. The van der Waals surface area contributed by atoms with Gasteiger partial charge in [0.25, 0.3) is 0 Å². The van der Waals surface area contributed by atoms with Gasteiger partial charge in [0.1, 0.15) is 0 Å². The van der Waals surface area contributed by atoms with Crippen LogP contribution in [0.2, 0.25) is 0 Å². The summed E-state index contributed by atoms with van der Waals surface area (Å²) in [5.74, 6) is 5.46. The molecule has 2 unspecified atom stereocenters. The highest BCUT2D eigenvalue weighted by atomic mass is 16.3. The van der Waals surface area contributed by atoms with E-state index in [-0.39, 0.29) is 6.10 Å². The first kappa shape index (κ1) is 21.0. The van der Waals surface area contributed by atoms with Crippen LogP contribution in [0.25, 0.3) is 0 Å². The van der Waals surface area contributed by atoms with Gasteiger partial charge in [-0.1, -0.05) is 65.5 Å². The summed E-state index contributed by atoms with van der Waals surface area (Å²) in [7, 11) is 0. The molecule has 0 radical (unpaired) electrons. The summed E-state index contributed by atoms with van der Waals surface area (Å²) in [4.78, 5) is 0. The Balaban J connectivity index is 1.49. The van der Waals surface area contributed by atoms with E-state index in [1.54, 1.807) is 5.57 Å². The first-order chi connectivity index (χ1) is 13.3. The Kier molecular flexibility index (Phi) is 5.80. The predicted octanol–water partition coefficient (Wildman–Crippen LogP) is 7.39. The summed E-state index contributed by atoms with van der Waals surface area (Å²) < 4.78 is 0. The zero-order valence-electron chi connectivity index (χ0n) is 19.3. The summed E-state index contributed by atoms with van der Waals surface area (Å²) in [5, 5.41) is 10.2. The van der Waals surface area contributed by atoms with Crippen molar-refractivity contribution in [3.05, 3.63) is 11.6 Å². The number of hydrogen-bond donors (Lipinski definition) is 1. The van der Waals surface area contributed by atoms with Crippen molar-refractivity contribution >= 4 is 0 Å². The molecule has 0 aromatic rings. The van der Waals surface area contributed by atoms with Gasteiger partial charge < -0.3 is 5.11 Å². The Hall–Kier alpha value is -0.300. The summed E-state index contributed by atoms with van der Waals surface area (Å²) in [6.07, 6.45) is 17.2. The second-order valence-corrected chi connectivity index (χ2v) is 12.2. The Morgan fingerprint density at radius 1 is 1.00 bits per heavy atom. The van der Waals surface area contributed by atoms with Crippen LogP contribution in [0.3, 0.4) is 0 Å². The molecule has 3 saturated carbocycles. The molecule has 0 saturated heterocycles. The lowest BCUT2D eigenvalue weighted by Gasteiger charge is -2.58. The molecule has 0 bridgehead atoms. The highest BCUT2D eigenvalue weighted by Crippen LogP contribution is 2.67. The van der Waals surface area contributed by atoms with Crippen LogP contribution in [0, 0.1) is 46.3 Å². The van der Waals surface area contributed by atoms with Crippen molar-refractivity contribution in [3.63, 3.8) is 0 Å². The molecule has 1 nitrogen and oxygen atoms in total. The smallest absolute Gasteiger partial charge is 0.0577 e. The lowest BCUT2D eigenvalue weighted by atomic mass is 9.47. The second-order valence-electron chi connectivity index (χ2n) is 12.2. The van der Waals surface area contributed by atoms with Crippen molar-refractivity contribution in [2.24, 2.45) is 46.3 Å². The van der Waals surface area contributed by atoms with Gasteiger partial charge >= 0.3 is 0 Å². The van der Waals surface area contributed by atoms with Crippen molar-refractivity contribution in [1.29, 1.82) is 0 Å². The molecule has 0 amide bonds. The minimum Gasteiger partial charge on any atom is -0.393 e. The number of rotatable bonds is 5. The Bertz CT molecular complexity index is 591. The first-order valence-electron chi connectivity index (χ1n) is 12.6. The third-order valence-corrected chi connectivity index (χ3v) is 10.3. The molecule has 1 heteroatoms. The molecule has 28 heavy (non-hydrogen) atoms. The van der Waals surface area contributed by atoms with Crippen LogP contribution in [0.15, 0.2) is 11.6 Å². The molecule has 4 aliphatic carbocycles. The topological polar surface area (TPSA) is 20.2 Å². The lowest BCUT2D eigenvalue weighted by Crippen LogP contribution is -2.50. The number of fused-ring (bicyclic) bond motifs is 5. The van der Waals surface area contributed by atoms with Crippen LogP contribution in [0.1, 0.15) is 105 Å². The van der Waals surface area contributed by atoms with Gasteiger partial charge in [-0.3, -0.25) is 0 Å². The highest BCUT2D eigenvalue weighted by molar-refractivity contribution is 5.25. The van der Waals surface area contributed by atoms with Crippen LogP contribution in [-0.2, 0) is 0 Å². The van der Waals surface area contributed by atoms with E-state index in [9.17, 15) is 5.11 Å². The molecule has 0 aliphatic heterocycles. The Labute approximate surface area is 174 Å². The molecule has 0 spiro atoms. The van der Waals surface area contributed by atoms with Crippen molar-refractivity contribution in [2.45, 2.75) is 111 Å². The van der Waals surface area contributed by atoms with E-state index in [1.807, 2.05) is 0 Å². The van der Waals surface area contributed by atoms with Gasteiger partial charge in [0.05, 0.1) is 6.10 Å². The zero-order valence-corrected chi connectivity index (χ0v) is 19.3. The minimum atomic E-state index is -0.0766. The van der Waals surface area contributed by atoms with E-state index >= 15 is 0 Å². The Morgan fingerprint density at radius 2 is 1.79 bits per heavy atom. The fourth-order valence-electron chi connectivity index (χ4n) is 8.67. The first-order valence-corrected chi connectivity index (χ1v) is 12.6. The number of aliphatic hydroxyl groups excluding tert-OH is 1. The fourth-order valence-corrected chi connectivity index (χ4v) is 8.67. The largest absolute Gasteiger partial charge is 0.393 e. The van der Waals surface area contributed by atoms with E-state index in [4.69, 9.17) is 0 Å². The van der Waals surface area contributed by atoms with Crippen molar-refractivity contribution < 1.29 is 5.11 Å². The molecular formula is C27H46O. The van der Waals surface area contributed by atoms with Crippen molar-refractivity contribution in [2.75, 3.05) is 0 Å². The lowest BCUT2D eigenvalue weighted by molar-refractivity contribution is -0.0573. The summed E-state index contributed by atoms with van der Waals surface area (Å²) in [6, 6.07) is 0. The standard InChI is InChI=1S/C27H46O/c1-18(2)7-6-8-19(3)23-11-12-24-22-10-9-20-17-21(28)13-15-26(20,4)25(22)14-16-27(23,24)5/h9,18-19,21-25,28H,6-8,10-17H2,1-5H3/t19-,21?,22+,23?,24+,25+,26+,27-/m1/s1. The van der Waals surface area contributed by atoms with E-state index in [2.05, 4.69) is 40.7 Å². The average Bonchev–Trinajstić information content (AvgIpc) is 2.99. The van der Waals surface area contributed by atoms with Gasteiger partial charge in [-0.15, -0.1) is 0 Å². The molecule has 0 aromatic carbocycles. The monoisotopic (exact) mass is 386 g/mol. The van der Waals surface area contributed by atoms with Gasteiger partial charge in [0.15, 0.2) is 0 Å². The van der Waals surface area contributed by atoms with Crippen LogP contribution < -0.4 is 0 Å². The molecule has 4 rings (SSSR count). The van der Waals surface area contributed by atoms with Crippen LogP contribution in [0.5, 0.6) is 0 Å². The average molecular weight is 387 g/mol. The number of aliphatic hydroxyl groups is 1. The molecule has 3 fully saturated rings. The van der Waals surface area contributed by atoms with Crippen molar-refractivity contribution in [3.8, 4) is 0 Å². The van der Waals surface area contributed by atoms with Crippen LogP contribution in [-0.4, -0.2) is 11.2 Å². The second kappa shape index (κ2) is 7.75. The number of hydrogen-bond acceptors (Lipinski definition) is 1. The minimum absolute atomic E-state index is 0.0766. The third-order valence-electron chi connectivity index (χ3n) is 10.3. The predicted molar refractivity (Wildman–Crippen MR) is 119 cm³/mol. The molecule has 0 heterocycles. The number of allylic oxidation sites excluding steroid dienone is 1. The zero-order chi connectivity index (χ0) is 20.1.